The number of rotatable bonds is 6. The summed E-state index contributed by atoms with van der Waals surface area (Å²) < 4.78 is 13.4. The summed E-state index contributed by atoms with van der Waals surface area (Å²) in [6.07, 6.45) is 7.02. The first kappa shape index (κ1) is 21.9. The molecular formula is C25H36N4O3. The van der Waals surface area contributed by atoms with Crippen LogP contribution in [0.3, 0.4) is 0 Å². The van der Waals surface area contributed by atoms with Crippen LogP contribution in [0.5, 0.6) is 0 Å². The van der Waals surface area contributed by atoms with Crippen molar-refractivity contribution in [3.05, 3.63) is 30.6 Å². The molecule has 2 aromatic rings. The fraction of sp³-hybridized carbons (Fsp3) is 0.680. The number of fused-ring (bicyclic) bond motifs is 2. The number of hydrogen-bond acceptors (Lipinski definition) is 5. The minimum absolute atomic E-state index is 0.104. The van der Waals surface area contributed by atoms with Crippen molar-refractivity contribution < 1.29 is 14.3 Å². The molecule has 7 nitrogen and oxygen atoms in total. The summed E-state index contributed by atoms with van der Waals surface area (Å²) >= 11 is 0. The summed E-state index contributed by atoms with van der Waals surface area (Å²) in [7, 11) is 1.81. The molecule has 1 amide bonds. The molecule has 3 heterocycles. The van der Waals surface area contributed by atoms with Crippen molar-refractivity contribution in [3.8, 4) is 0 Å². The Morgan fingerprint density at radius 1 is 1.22 bits per heavy atom. The normalized spacial score (nSPS) is 29.2. The van der Waals surface area contributed by atoms with Gasteiger partial charge in [0.2, 0.25) is 5.91 Å². The highest BCUT2D eigenvalue weighted by Crippen LogP contribution is 2.48. The molecule has 0 radical (unpaired) electrons. The summed E-state index contributed by atoms with van der Waals surface area (Å²) in [6.45, 7) is 6.97. The second-order valence-electron chi connectivity index (χ2n) is 9.85. The molecule has 7 heteroatoms. The topological polar surface area (TPSA) is 59.8 Å². The van der Waals surface area contributed by atoms with Gasteiger partial charge in [-0.25, -0.2) is 4.98 Å². The number of hydrogen-bond donors (Lipinski definition) is 0. The predicted molar refractivity (Wildman–Crippen MR) is 123 cm³/mol. The minimum atomic E-state index is 0.104. The number of aromatic nitrogens is 2. The average molecular weight is 441 g/mol. The number of amides is 1. The monoisotopic (exact) mass is 440 g/mol. The van der Waals surface area contributed by atoms with Gasteiger partial charge in [0, 0.05) is 57.7 Å². The maximum Gasteiger partial charge on any atom is 0.224 e. The Balaban J connectivity index is 1.22. The van der Waals surface area contributed by atoms with Crippen LogP contribution >= 0.6 is 0 Å². The van der Waals surface area contributed by atoms with Gasteiger partial charge in [-0.2, -0.15) is 0 Å². The number of ether oxygens (including phenoxy) is 2. The van der Waals surface area contributed by atoms with E-state index in [1.165, 1.54) is 12.8 Å². The molecule has 2 saturated heterocycles. The van der Waals surface area contributed by atoms with Crippen molar-refractivity contribution in [2.45, 2.75) is 44.7 Å². The third kappa shape index (κ3) is 4.30. The quantitative estimate of drug-likeness (QED) is 0.691. The zero-order valence-corrected chi connectivity index (χ0v) is 19.2. The van der Waals surface area contributed by atoms with Gasteiger partial charge in [-0.1, -0.05) is 12.1 Å². The third-order valence-electron chi connectivity index (χ3n) is 8.09. The number of nitrogens with zero attached hydrogens (tertiary/aromatic N) is 4. The van der Waals surface area contributed by atoms with Gasteiger partial charge in [-0.15, -0.1) is 0 Å². The van der Waals surface area contributed by atoms with E-state index in [0.29, 0.717) is 24.9 Å². The van der Waals surface area contributed by atoms with E-state index in [1.807, 2.05) is 31.6 Å². The van der Waals surface area contributed by atoms with Crippen molar-refractivity contribution in [2.24, 2.45) is 11.3 Å². The molecule has 0 spiro atoms. The van der Waals surface area contributed by atoms with E-state index in [-0.39, 0.29) is 11.3 Å². The molecule has 1 aromatic heterocycles. The highest BCUT2D eigenvalue weighted by atomic mass is 16.5. The van der Waals surface area contributed by atoms with Crippen molar-refractivity contribution >= 4 is 16.9 Å². The molecule has 3 aliphatic rings. The van der Waals surface area contributed by atoms with Crippen molar-refractivity contribution in [3.63, 3.8) is 0 Å². The number of aryl methyl sites for hydroxylation is 1. The number of methoxy groups -OCH3 is 1. The molecule has 0 unspecified atom stereocenters. The summed E-state index contributed by atoms with van der Waals surface area (Å²) in [4.78, 5) is 22.4. The lowest BCUT2D eigenvalue weighted by atomic mass is 9.61. The molecule has 1 saturated carbocycles. The SMILES string of the molecule is COC[C@@]12CC[C@@H](N3CCOCC3)C[C@H]1CCN(C(=O)CCn1cnc3ccccc31)C2. The van der Waals surface area contributed by atoms with Gasteiger partial charge >= 0.3 is 0 Å². The summed E-state index contributed by atoms with van der Waals surface area (Å²) in [5.41, 5.74) is 2.18. The fourth-order valence-corrected chi connectivity index (χ4v) is 6.33. The van der Waals surface area contributed by atoms with Crippen LogP contribution in [-0.4, -0.2) is 84.4 Å². The highest BCUT2D eigenvalue weighted by Gasteiger charge is 2.48. The fourth-order valence-electron chi connectivity index (χ4n) is 6.33. The Morgan fingerprint density at radius 2 is 2.06 bits per heavy atom. The summed E-state index contributed by atoms with van der Waals surface area (Å²) in [6, 6.07) is 8.76. The molecule has 0 N–H and O–H groups in total. The highest BCUT2D eigenvalue weighted by molar-refractivity contribution is 5.77. The van der Waals surface area contributed by atoms with E-state index in [0.717, 1.165) is 69.9 Å². The Kier molecular flexibility index (Phi) is 6.49. The van der Waals surface area contributed by atoms with Crippen LogP contribution in [0.2, 0.25) is 0 Å². The standard InChI is InChI=1S/C25H36N4O3/c1-31-18-25-9-6-21(27-12-14-32-15-13-27)16-20(25)7-10-28(17-25)24(30)8-11-29-19-26-22-4-2-3-5-23(22)29/h2-5,19-21H,6-18H2,1H3/t20-,21-,25+/m1/s1. The van der Waals surface area contributed by atoms with E-state index >= 15 is 0 Å². The molecule has 2 aliphatic heterocycles. The first-order chi connectivity index (χ1) is 15.7. The molecule has 1 aliphatic carbocycles. The molecule has 174 valence electrons. The van der Waals surface area contributed by atoms with Crippen molar-refractivity contribution in [1.82, 2.24) is 19.4 Å². The Morgan fingerprint density at radius 3 is 2.91 bits per heavy atom. The van der Waals surface area contributed by atoms with Crippen LogP contribution in [0.4, 0.5) is 0 Å². The maximum atomic E-state index is 13.2. The van der Waals surface area contributed by atoms with Crippen molar-refractivity contribution in [1.29, 1.82) is 0 Å². The van der Waals surface area contributed by atoms with E-state index in [2.05, 4.69) is 25.4 Å². The lowest BCUT2D eigenvalue weighted by Crippen LogP contribution is -2.58. The molecule has 3 fully saturated rings. The van der Waals surface area contributed by atoms with Gasteiger partial charge in [-0.3, -0.25) is 9.69 Å². The molecular weight excluding hydrogens is 404 g/mol. The molecule has 32 heavy (non-hydrogen) atoms. The molecule has 1 aromatic carbocycles. The van der Waals surface area contributed by atoms with Crippen molar-refractivity contribution in [2.75, 3.05) is 53.1 Å². The number of imidazole rings is 1. The summed E-state index contributed by atoms with van der Waals surface area (Å²) in [5, 5.41) is 0. The van der Waals surface area contributed by atoms with E-state index < -0.39 is 0 Å². The van der Waals surface area contributed by atoms with Gasteiger partial charge in [0.05, 0.1) is 37.2 Å². The first-order valence-electron chi connectivity index (χ1n) is 12.2. The number of likely N-dealkylation sites (tertiary alicyclic amines) is 1. The maximum absolute atomic E-state index is 13.2. The van der Waals surface area contributed by atoms with Crippen LogP contribution in [-0.2, 0) is 20.8 Å². The van der Waals surface area contributed by atoms with Crippen LogP contribution in [0, 0.1) is 11.3 Å². The van der Waals surface area contributed by atoms with Gasteiger partial charge < -0.3 is 18.9 Å². The summed E-state index contributed by atoms with van der Waals surface area (Å²) in [5.74, 6) is 0.887. The largest absolute Gasteiger partial charge is 0.384 e. The van der Waals surface area contributed by atoms with Crippen LogP contribution in [0.25, 0.3) is 11.0 Å². The Labute approximate surface area is 190 Å². The lowest BCUT2D eigenvalue weighted by Gasteiger charge is -2.54. The predicted octanol–water partition coefficient (Wildman–Crippen LogP) is 2.79. The zero-order chi connectivity index (χ0) is 22.0. The lowest BCUT2D eigenvalue weighted by molar-refractivity contribution is -0.142. The van der Waals surface area contributed by atoms with E-state index in [1.54, 1.807) is 0 Å². The number of carbonyl (C=O) groups excluding carboxylic acids is 1. The third-order valence-corrected chi connectivity index (χ3v) is 8.09. The van der Waals surface area contributed by atoms with E-state index in [9.17, 15) is 4.79 Å². The molecule has 3 atom stereocenters. The van der Waals surface area contributed by atoms with Gasteiger partial charge in [0.15, 0.2) is 0 Å². The zero-order valence-electron chi connectivity index (χ0n) is 19.2. The average Bonchev–Trinajstić information content (AvgIpc) is 3.25. The Bertz CT molecular complexity index is 925. The Hall–Kier alpha value is -1.96. The molecule has 0 bridgehead atoms. The smallest absolute Gasteiger partial charge is 0.224 e. The van der Waals surface area contributed by atoms with Crippen LogP contribution in [0.1, 0.15) is 32.1 Å². The second kappa shape index (κ2) is 9.49. The first-order valence-corrected chi connectivity index (χ1v) is 12.2. The van der Waals surface area contributed by atoms with Crippen LogP contribution < -0.4 is 0 Å². The molecule has 5 rings (SSSR count). The number of para-hydroxylation sites is 2. The van der Waals surface area contributed by atoms with Gasteiger partial charge in [0.25, 0.3) is 0 Å². The number of benzene rings is 1. The number of morpholine rings is 1. The second-order valence-corrected chi connectivity index (χ2v) is 9.85. The number of piperidine rings is 1. The van der Waals surface area contributed by atoms with Gasteiger partial charge in [-0.05, 0) is 43.7 Å². The number of carbonyl (C=O) groups is 1. The van der Waals surface area contributed by atoms with Gasteiger partial charge in [0.1, 0.15) is 0 Å². The van der Waals surface area contributed by atoms with E-state index in [4.69, 9.17) is 9.47 Å². The minimum Gasteiger partial charge on any atom is -0.384 e. The van der Waals surface area contributed by atoms with Crippen LogP contribution in [0.15, 0.2) is 30.6 Å².